The van der Waals surface area contributed by atoms with Gasteiger partial charge in [0.25, 0.3) is 11.8 Å². The number of aryl methyl sites for hydroxylation is 1. The number of carbonyl (C=O) groups excluding carboxylic acids is 2. The second kappa shape index (κ2) is 10.1. The third-order valence-corrected chi connectivity index (χ3v) is 5.83. The van der Waals surface area contributed by atoms with Crippen molar-refractivity contribution in [3.8, 4) is 5.75 Å². The first-order valence-electron chi connectivity index (χ1n) is 10.8. The van der Waals surface area contributed by atoms with E-state index < -0.39 is 17.5 Å². The summed E-state index contributed by atoms with van der Waals surface area (Å²) >= 11 is 0. The van der Waals surface area contributed by atoms with Crippen LogP contribution in [0.15, 0.2) is 30.5 Å². The summed E-state index contributed by atoms with van der Waals surface area (Å²) in [5.41, 5.74) is 1.55. The fourth-order valence-electron chi connectivity index (χ4n) is 4.21. The summed E-state index contributed by atoms with van der Waals surface area (Å²) in [5.74, 6) is -3.22. The number of ether oxygens (including phenoxy) is 1. The fraction of sp³-hybridized carbons (Fsp3) is 0.417. The lowest BCUT2D eigenvalue weighted by molar-refractivity contribution is -0.0980. The van der Waals surface area contributed by atoms with E-state index in [1.165, 1.54) is 44.6 Å². The van der Waals surface area contributed by atoms with Crippen LogP contribution in [-0.2, 0) is 10.7 Å². The number of alkyl halides is 2. The third-order valence-electron chi connectivity index (χ3n) is 5.83. The monoisotopic (exact) mass is 458 g/mol. The Labute approximate surface area is 191 Å². The van der Waals surface area contributed by atoms with E-state index in [1.54, 1.807) is 0 Å². The molecular weight excluding hydrogens is 430 g/mol. The Morgan fingerprint density at radius 3 is 2.58 bits per heavy atom. The Hall–Kier alpha value is -3.36. The van der Waals surface area contributed by atoms with E-state index in [4.69, 9.17) is 14.6 Å². The molecular formula is C24H28F2N4O3. The summed E-state index contributed by atoms with van der Waals surface area (Å²) in [5, 5.41) is 8.45. The molecule has 1 amide bonds. The molecule has 0 radical (unpaired) electrons. The van der Waals surface area contributed by atoms with Crippen molar-refractivity contribution in [2.75, 3.05) is 12.4 Å². The first-order chi connectivity index (χ1) is 15.8. The molecule has 9 heteroatoms. The van der Waals surface area contributed by atoms with E-state index in [9.17, 15) is 13.6 Å². The molecule has 4 rings (SSSR count). The molecule has 0 spiro atoms. The van der Waals surface area contributed by atoms with E-state index in [0.29, 0.717) is 17.5 Å². The van der Waals surface area contributed by atoms with Crippen LogP contribution in [0.1, 0.15) is 66.8 Å². The summed E-state index contributed by atoms with van der Waals surface area (Å²) in [6, 6.07) is 6.20. The average Bonchev–Trinajstić information content (AvgIpc) is 3.25. The van der Waals surface area contributed by atoms with Crippen molar-refractivity contribution in [3.05, 3.63) is 47.4 Å². The summed E-state index contributed by atoms with van der Waals surface area (Å²) in [6.45, 7) is 4.65. The molecule has 1 aliphatic rings. The van der Waals surface area contributed by atoms with Gasteiger partial charge in [-0.2, -0.15) is 13.9 Å². The lowest BCUT2D eigenvalue weighted by atomic mass is 9.96. The molecule has 7 nitrogen and oxygen atoms in total. The van der Waals surface area contributed by atoms with Crippen LogP contribution >= 0.6 is 0 Å². The molecule has 0 atom stereocenters. The second-order valence-corrected chi connectivity index (χ2v) is 8.17. The van der Waals surface area contributed by atoms with Gasteiger partial charge < -0.3 is 14.8 Å². The van der Waals surface area contributed by atoms with Gasteiger partial charge in [-0.25, -0.2) is 4.98 Å². The average molecular weight is 459 g/mol. The second-order valence-electron chi connectivity index (χ2n) is 8.17. The van der Waals surface area contributed by atoms with Crippen molar-refractivity contribution in [3.63, 3.8) is 0 Å². The van der Waals surface area contributed by atoms with Crippen LogP contribution in [0.2, 0.25) is 0 Å². The van der Waals surface area contributed by atoms with E-state index in [-0.39, 0.29) is 5.69 Å². The third kappa shape index (κ3) is 5.18. The van der Waals surface area contributed by atoms with E-state index in [1.807, 2.05) is 30.7 Å². The number of hydrogen-bond donors (Lipinski definition) is 1. The Balaban J connectivity index is 0.00000149. The Bertz CT molecular complexity index is 1130. The molecule has 1 N–H and O–H groups in total. The molecule has 0 bridgehead atoms. The van der Waals surface area contributed by atoms with Crippen LogP contribution in [0.4, 0.5) is 14.5 Å². The minimum absolute atomic E-state index is 0.0864. The van der Waals surface area contributed by atoms with Crippen molar-refractivity contribution >= 4 is 29.3 Å². The van der Waals surface area contributed by atoms with E-state index in [0.717, 1.165) is 36.2 Å². The number of benzene rings is 1. The first-order valence-corrected chi connectivity index (χ1v) is 10.8. The Morgan fingerprint density at radius 1 is 1.24 bits per heavy atom. The maximum atomic E-state index is 13.6. The van der Waals surface area contributed by atoms with Crippen LogP contribution < -0.4 is 10.1 Å². The highest BCUT2D eigenvalue weighted by molar-refractivity contribution is 6.05. The van der Waals surface area contributed by atoms with Gasteiger partial charge in [-0.05, 0) is 38.0 Å². The zero-order chi connectivity index (χ0) is 24.2. The lowest BCUT2D eigenvalue weighted by Crippen LogP contribution is -2.18. The van der Waals surface area contributed by atoms with Gasteiger partial charge >= 0.3 is 0 Å². The molecule has 33 heavy (non-hydrogen) atoms. The molecule has 2 aromatic heterocycles. The highest BCUT2D eigenvalue weighted by Gasteiger charge is 2.27. The standard InChI is InChI=1S/C23H26F2N4O2.CH2O/c1-14-20-15(13-29(28-20)16-8-5-4-6-9-16)12-18(21(14)31-3)27-22(30)17-10-7-11-19(26-17)23(2,24)25;1-2/h7,10-13,16H,4-6,8-9H2,1-3H3,(H,27,30);1H2. The van der Waals surface area contributed by atoms with Crippen molar-refractivity contribution in [2.45, 2.75) is 57.9 Å². The predicted molar refractivity (Wildman–Crippen MR) is 122 cm³/mol. The van der Waals surface area contributed by atoms with Gasteiger partial charge in [0.2, 0.25) is 0 Å². The van der Waals surface area contributed by atoms with Gasteiger partial charge in [0, 0.05) is 24.1 Å². The van der Waals surface area contributed by atoms with Crippen molar-refractivity contribution in [2.24, 2.45) is 0 Å². The number of rotatable bonds is 5. The zero-order valence-electron chi connectivity index (χ0n) is 19.0. The minimum Gasteiger partial charge on any atom is -0.494 e. The Kier molecular flexibility index (Phi) is 7.40. The molecule has 176 valence electrons. The number of nitrogens with zero attached hydrogens (tertiary/aromatic N) is 3. The number of pyridine rings is 1. The van der Waals surface area contributed by atoms with Gasteiger partial charge in [0.05, 0.1) is 24.4 Å². The number of amides is 1. The van der Waals surface area contributed by atoms with Gasteiger partial charge in [-0.15, -0.1) is 0 Å². The molecule has 0 saturated heterocycles. The quantitative estimate of drug-likeness (QED) is 0.551. The smallest absolute Gasteiger partial charge is 0.287 e. The largest absolute Gasteiger partial charge is 0.494 e. The molecule has 0 unspecified atom stereocenters. The van der Waals surface area contributed by atoms with Crippen LogP contribution in [-0.4, -0.2) is 34.6 Å². The number of carbonyl (C=O) groups is 2. The number of anilines is 1. The number of methoxy groups -OCH3 is 1. The number of fused-ring (bicyclic) bond motifs is 1. The highest BCUT2D eigenvalue weighted by Crippen LogP contribution is 2.37. The van der Waals surface area contributed by atoms with E-state index in [2.05, 4.69) is 10.3 Å². The lowest BCUT2D eigenvalue weighted by Gasteiger charge is -2.21. The topological polar surface area (TPSA) is 86.1 Å². The SMILES string of the molecule is C=O.COc1c(NC(=O)c2cccc(C(C)(F)F)n2)cc2cn(C3CCCCC3)nc2c1C. The van der Waals surface area contributed by atoms with Crippen molar-refractivity contribution in [1.29, 1.82) is 0 Å². The van der Waals surface area contributed by atoms with Crippen molar-refractivity contribution < 1.29 is 23.1 Å². The number of aromatic nitrogens is 3. The number of nitrogens with one attached hydrogen (secondary N) is 1. The van der Waals surface area contributed by atoms with Gasteiger partial charge in [-0.3, -0.25) is 9.48 Å². The first kappa shape index (κ1) is 24.3. The minimum atomic E-state index is -3.13. The summed E-state index contributed by atoms with van der Waals surface area (Å²) in [6.07, 6.45) is 7.89. The molecule has 1 aliphatic carbocycles. The van der Waals surface area contributed by atoms with Crippen LogP contribution in [0.25, 0.3) is 10.9 Å². The van der Waals surface area contributed by atoms with E-state index >= 15 is 0 Å². The Morgan fingerprint density at radius 2 is 1.94 bits per heavy atom. The maximum Gasteiger partial charge on any atom is 0.287 e. The fourth-order valence-corrected chi connectivity index (χ4v) is 4.21. The van der Waals surface area contributed by atoms with Crippen molar-refractivity contribution in [1.82, 2.24) is 14.8 Å². The predicted octanol–water partition coefficient (Wildman–Crippen LogP) is 5.43. The normalized spacial score (nSPS) is 14.5. The van der Waals surface area contributed by atoms with Gasteiger partial charge in [0.1, 0.15) is 23.9 Å². The summed E-state index contributed by atoms with van der Waals surface area (Å²) < 4.78 is 34.8. The van der Waals surface area contributed by atoms with Gasteiger partial charge in [-0.1, -0.05) is 25.3 Å². The molecule has 3 aromatic rings. The maximum absolute atomic E-state index is 13.6. The number of hydrogen-bond acceptors (Lipinski definition) is 5. The highest BCUT2D eigenvalue weighted by atomic mass is 19.3. The van der Waals surface area contributed by atoms with Crippen LogP contribution in [0, 0.1) is 6.92 Å². The van der Waals surface area contributed by atoms with Gasteiger partial charge in [0.15, 0.2) is 0 Å². The summed E-state index contributed by atoms with van der Waals surface area (Å²) in [4.78, 5) is 24.6. The molecule has 1 fully saturated rings. The summed E-state index contributed by atoms with van der Waals surface area (Å²) in [7, 11) is 1.53. The molecule has 1 aromatic carbocycles. The molecule has 1 saturated carbocycles. The zero-order valence-corrected chi connectivity index (χ0v) is 19.0. The molecule has 2 heterocycles. The van der Waals surface area contributed by atoms with Crippen LogP contribution in [0.5, 0.6) is 5.75 Å². The molecule has 0 aliphatic heterocycles. The van der Waals surface area contributed by atoms with Crippen LogP contribution in [0.3, 0.4) is 0 Å². The number of halogens is 2.